The van der Waals surface area contributed by atoms with Crippen LogP contribution in [0.4, 0.5) is 0 Å². The molecule has 26 heavy (non-hydrogen) atoms. The molecule has 0 unspecified atom stereocenters. The maximum absolute atomic E-state index is 11.1. The molecule has 5 atom stereocenters. The zero-order valence-electron chi connectivity index (χ0n) is 16.2. The molecule has 150 valence electrons. The summed E-state index contributed by atoms with van der Waals surface area (Å²) in [6, 6.07) is 0. The summed E-state index contributed by atoms with van der Waals surface area (Å²) in [6.07, 6.45) is 13.0. The van der Waals surface area contributed by atoms with Gasteiger partial charge in [-0.3, -0.25) is 4.79 Å². The van der Waals surface area contributed by atoms with Crippen LogP contribution < -0.4 is 0 Å². The Morgan fingerprint density at radius 1 is 1.12 bits per heavy atom. The highest BCUT2D eigenvalue weighted by Crippen LogP contribution is 2.37. The van der Waals surface area contributed by atoms with Crippen molar-refractivity contribution in [3.8, 4) is 0 Å². The van der Waals surface area contributed by atoms with E-state index in [2.05, 4.69) is 11.7 Å². The first-order valence-corrected chi connectivity index (χ1v) is 9.92. The van der Waals surface area contributed by atoms with Crippen LogP contribution in [0, 0.1) is 11.8 Å². The topological polar surface area (TPSA) is 87.0 Å². The lowest BCUT2D eigenvalue weighted by Crippen LogP contribution is -2.21. The van der Waals surface area contributed by atoms with Crippen molar-refractivity contribution < 1.29 is 24.9 Å². The first kappa shape index (κ1) is 22.9. The molecule has 0 radical (unpaired) electrons. The predicted octanol–water partition coefficient (Wildman–Crippen LogP) is 3.13. The average Bonchev–Trinajstić information content (AvgIpc) is 2.89. The first-order chi connectivity index (χ1) is 12.5. The van der Waals surface area contributed by atoms with E-state index in [1.165, 1.54) is 7.11 Å². The van der Waals surface area contributed by atoms with Crippen LogP contribution >= 0.6 is 0 Å². The number of esters is 1. The summed E-state index contributed by atoms with van der Waals surface area (Å²) in [4.78, 5) is 11.1. The number of carbonyl (C=O) groups excluding carboxylic acids is 1. The van der Waals surface area contributed by atoms with Gasteiger partial charge >= 0.3 is 5.97 Å². The summed E-state index contributed by atoms with van der Waals surface area (Å²) in [5.41, 5.74) is 0. The smallest absolute Gasteiger partial charge is 0.305 e. The molecular formula is C21H36O5. The molecule has 3 N–H and O–H groups in total. The number of ether oxygens (including phenoxy) is 1. The molecule has 0 heterocycles. The third-order valence-corrected chi connectivity index (χ3v) is 5.20. The molecular weight excluding hydrogens is 332 g/mol. The molecule has 1 aliphatic carbocycles. The van der Waals surface area contributed by atoms with Crippen molar-refractivity contribution in [2.45, 2.75) is 83.0 Å². The van der Waals surface area contributed by atoms with Gasteiger partial charge in [-0.1, -0.05) is 44.1 Å². The largest absolute Gasteiger partial charge is 0.469 e. The molecule has 0 amide bonds. The van der Waals surface area contributed by atoms with Gasteiger partial charge < -0.3 is 20.1 Å². The van der Waals surface area contributed by atoms with Crippen LogP contribution in [-0.2, 0) is 9.53 Å². The van der Waals surface area contributed by atoms with Crippen molar-refractivity contribution in [2.75, 3.05) is 7.11 Å². The van der Waals surface area contributed by atoms with Gasteiger partial charge in [-0.25, -0.2) is 0 Å². The Balaban J connectivity index is 2.41. The van der Waals surface area contributed by atoms with E-state index < -0.39 is 18.3 Å². The van der Waals surface area contributed by atoms with Crippen molar-refractivity contribution in [3.05, 3.63) is 24.3 Å². The molecule has 5 heteroatoms. The molecule has 1 fully saturated rings. The molecule has 0 bridgehead atoms. The molecule has 0 aromatic rings. The molecule has 0 aromatic heterocycles. The highest BCUT2D eigenvalue weighted by atomic mass is 16.5. The highest BCUT2D eigenvalue weighted by molar-refractivity contribution is 5.69. The van der Waals surface area contributed by atoms with Crippen LogP contribution in [0.1, 0.15) is 64.7 Å². The molecule has 1 saturated carbocycles. The number of hydrogen-bond donors (Lipinski definition) is 3. The number of rotatable bonds is 12. The number of unbranched alkanes of at least 4 members (excludes halogenated alkanes) is 2. The summed E-state index contributed by atoms with van der Waals surface area (Å²) in [7, 11) is 1.39. The zero-order valence-corrected chi connectivity index (χ0v) is 16.2. The van der Waals surface area contributed by atoms with Gasteiger partial charge in [0.2, 0.25) is 0 Å². The number of aliphatic hydroxyl groups is 3. The van der Waals surface area contributed by atoms with Gasteiger partial charge in [0, 0.05) is 6.42 Å². The Bertz CT molecular complexity index is 446. The third kappa shape index (κ3) is 8.47. The highest BCUT2D eigenvalue weighted by Gasteiger charge is 2.39. The molecule has 5 nitrogen and oxygen atoms in total. The predicted molar refractivity (Wildman–Crippen MR) is 103 cm³/mol. The third-order valence-electron chi connectivity index (χ3n) is 5.20. The van der Waals surface area contributed by atoms with Crippen molar-refractivity contribution in [3.63, 3.8) is 0 Å². The van der Waals surface area contributed by atoms with E-state index in [0.29, 0.717) is 25.7 Å². The first-order valence-electron chi connectivity index (χ1n) is 9.92. The second-order valence-electron chi connectivity index (χ2n) is 7.25. The van der Waals surface area contributed by atoms with Crippen LogP contribution in [0.3, 0.4) is 0 Å². The lowest BCUT2D eigenvalue weighted by atomic mass is 9.87. The SMILES string of the molecule is CCCC[C@@H](O)/C=C/C[C@@H]1[C@H](C/C=C/CCCC(=O)OC)[C@@H](O)C[C@H]1O. The zero-order chi connectivity index (χ0) is 19.4. The van der Waals surface area contributed by atoms with Gasteiger partial charge in [0.15, 0.2) is 0 Å². The Kier molecular flexibility index (Phi) is 11.5. The van der Waals surface area contributed by atoms with Crippen LogP contribution in [0.2, 0.25) is 0 Å². The normalized spacial score (nSPS) is 27.4. The lowest BCUT2D eigenvalue weighted by Gasteiger charge is -2.21. The van der Waals surface area contributed by atoms with E-state index in [0.717, 1.165) is 32.1 Å². The fourth-order valence-corrected chi connectivity index (χ4v) is 3.57. The standard InChI is InChI=1S/C21H36O5/c1-3-4-10-16(22)11-9-13-18-17(19(23)15-20(18)24)12-7-5-6-8-14-21(25)26-2/h5,7,9,11,16-20,22-24H,3-4,6,8,10,12-15H2,1-2H3/b7-5+,11-9+/t16-,17+,18-,19+,20-/m1/s1. The van der Waals surface area contributed by atoms with Crippen LogP contribution in [-0.4, -0.2) is 46.7 Å². The molecule has 0 aliphatic heterocycles. The van der Waals surface area contributed by atoms with Crippen LogP contribution in [0.15, 0.2) is 24.3 Å². The summed E-state index contributed by atoms with van der Waals surface area (Å²) < 4.78 is 4.61. The maximum Gasteiger partial charge on any atom is 0.305 e. The monoisotopic (exact) mass is 368 g/mol. The maximum atomic E-state index is 11.1. The number of allylic oxidation sites excluding steroid dienone is 3. The fourth-order valence-electron chi connectivity index (χ4n) is 3.57. The molecule has 1 rings (SSSR count). The van der Waals surface area contributed by atoms with Gasteiger partial charge in [-0.15, -0.1) is 0 Å². The fraction of sp³-hybridized carbons (Fsp3) is 0.762. The number of aliphatic hydroxyl groups excluding tert-OH is 3. The minimum atomic E-state index is -0.500. The minimum Gasteiger partial charge on any atom is -0.469 e. The van der Waals surface area contributed by atoms with Crippen molar-refractivity contribution in [1.82, 2.24) is 0 Å². The molecule has 0 spiro atoms. The van der Waals surface area contributed by atoms with Gasteiger partial charge in [-0.05, 0) is 50.4 Å². The van der Waals surface area contributed by atoms with Crippen molar-refractivity contribution in [2.24, 2.45) is 11.8 Å². The molecule has 0 aromatic carbocycles. The second kappa shape index (κ2) is 13.1. The van der Waals surface area contributed by atoms with Crippen molar-refractivity contribution >= 4 is 5.97 Å². The minimum absolute atomic E-state index is 0.0133. The molecule has 1 aliphatic rings. The van der Waals surface area contributed by atoms with E-state index in [9.17, 15) is 20.1 Å². The number of carbonyl (C=O) groups is 1. The Morgan fingerprint density at radius 2 is 1.77 bits per heavy atom. The Labute approximate surface area is 157 Å². The van der Waals surface area contributed by atoms with Gasteiger partial charge in [0.05, 0.1) is 25.4 Å². The van der Waals surface area contributed by atoms with Crippen molar-refractivity contribution in [1.29, 1.82) is 0 Å². The van der Waals surface area contributed by atoms with E-state index in [1.54, 1.807) is 0 Å². The van der Waals surface area contributed by atoms with E-state index >= 15 is 0 Å². The number of methoxy groups -OCH3 is 1. The average molecular weight is 369 g/mol. The lowest BCUT2D eigenvalue weighted by molar-refractivity contribution is -0.140. The summed E-state index contributed by atoms with van der Waals surface area (Å²) >= 11 is 0. The van der Waals surface area contributed by atoms with Gasteiger partial charge in [0.1, 0.15) is 0 Å². The Morgan fingerprint density at radius 3 is 2.38 bits per heavy atom. The second-order valence-corrected chi connectivity index (χ2v) is 7.25. The quantitative estimate of drug-likeness (QED) is 0.280. The molecule has 0 saturated heterocycles. The van der Waals surface area contributed by atoms with E-state index in [4.69, 9.17) is 0 Å². The van der Waals surface area contributed by atoms with Crippen LogP contribution in [0.25, 0.3) is 0 Å². The Hall–Kier alpha value is -1.17. The summed E-state index contributed by atoms with van der Waals surface area (Å²) in [5.74, 6) is -0.153. The summed E-state index contributed by atoms with van der Waals surface area (Å²) in [6.45, 7) is 2.10. The number of hydrogen-bond acceptors (Lipinski definition) is 5. The van der Waals surface area contributed by atoms with E-state index in [1.807, 2.05) is 24.3 Å². The van der Waals surface area contributed by atoms with Crippen LogP contribution in [0.5, 0.6) is 0 Å². The van der Waals surface area contributed by atoms with Gasteiger partial charge in [0.25, 0.3) is 0 Å². The summed E-state index contributed by atoms with van der Waals surface area (Å²) in [5, 5.41) is 30.3. The van der Waals surface area contributed by atoms with E-state index in [-0.39, 0.29) is 17.8 Å². The van der Waals surface area contributed by atoms with Gasteiger partial charge in [-0.2, -0.15) is 0 Å².